The molecule has 1 heterocycles. The molecule has 1 fully saturated rings. The molecule has 1 atom stereocenters. The van der Waals surface area contributed by atoms with Gasteiger partial charge in [0.05, 0.1) is 0 Å². The third-order valence-corrected chi connectivity index (χ3v) is 3.69. The molecule has 0 bridgehead atoms. The van der Waals surface area contributed by atoms with Crippen LogP contribution in [0.25, 0.3) is 0 Å². The van der Waals surface area contributed by atoms with Gasteiger partial charge in [0, 0.05) is 18.7 Å². The summed E-state index contributed by atoms with van der Waals surface area (Å²) in [4.78, 5) is 2.69. The normalized spacial score (nSPS) is 20.9. The van der Waals surface area contributed by atoms with Crippen LogP contribution in [0.15, 0.2) is 18.2 Å². The number of nitrogens with zero attached hydrogens (tertiary/aromatic N) is 1. The molecule has 2 N–H and O–H groups in total. The number of benzene rings is 1. The molecule has 0 radical (unpaired) electrons. The maximum absolute atomic E-state index is 13.3. The maximum atomic E-state index is 13.3. The van der Waals surface area contributed by atoms with E-state index in [0.29, 0.717) is 10.9 Å². The molecule has 2 nitrogen and oxygen atoms in total. The predicted octanol–water partition coefficient (Wildman–Crippen LogP) is 2.69. The van der Waals surface area contributed by atoms with Crippen LogP contribution in [-0.4, -0.2) is 23.0 Å². The van der Waals surface area contributed by atoms with Crippen molar-refractivity contribution >= 4 is 17.2 Å². The van der Waals surface area contributed by atoms with E-state index in [2.05, 4.69) is 11.8 Å². The highest BCUT2D eigenvalue weighted by molar-refractivity contribution is 7.80. The number of hydrogen-bond donors (Lipinski definition) is 1. The molecule has 0 saturated carbocycles. The molecule has 1 aromatic carbocycles. The third kappa shape index (κ3) is 3.27. The standard InChI is InChI=1S/C14H19FN2S/c1-10-3-2-6-17(8-10)9-11-7-12(15)4-5-13(11)14(16)18/h4-5,7,10H,2-3,6,8-9H2,1H3,(H2,16,18). The number of halogens is 1. The van der Waals surface area contributed by atoms with Gasteiger partial charge in [-0.05, 0) is 49.1 Å². The van der Waals surface area contributed by atoms with E-state index in [4.69, 9.17) is 18.0 Å². The maximum Gasteiger partial charge on any atom is 0.123 e. The third-order valence-electron chi connectivity index (χ3n) is 3.47. The van der Waals surface area contributed by atoms with Crippen molar-refractivity contribution in [2.45, 2.75) is 26.3 Å². The molecule has 1 saturated heterocycles. The van der Waals surface area contributed by atoms with Crippen molar-refractivity contribution in [3.8, 4) is 0 Å². The highest BCUT2D eigenvalue weighted by Crippen LogP contribution is 2.20. The van der Waals surface area contributed by atoms with E-state index in [0.717, 1.165) is 30.8 Å². The molecule has 18 heavy (non-hydrogen) atoms. The van der Waals surface area contributed by atoms with E-state index in [1.807, 2.05) is 0 Å². The Morgan fingerprint density at radius 1 is 1.56 bits per heavy atom. The minimum Gasteiger partial charge on any atom is -0.389 e. The van der Waals surface area contributed by atoms with Crippen LogP contribution >= 0.6 is 12.2 Å². The number of likely N-dealkylation sites (tertiary alicyclic amines) is 1. The van der Waals surface area contributed by atoms with Gasteiger partial charge in [-0.15, -0.1) is 0 Å². The smallest absolute Gasteiger partial charge is 0.123 e. The van der Waals surface area contributed by atoms with Gasteiger partial charge in [0.1, 0.15) is 10.8 Å². The van der Waals surface area contributed by atoms with Crippen molar-refractivity contribution in [1.82, 2.24) is 4.90 Å². The predicted molar refractivity (Wildman–Crippen MR) is 76.0 cm³/mol. The second-order valence-corrected chi connectivity index (χ2v) is 5.59. The Bertz CT molecular complexity index is 447. The van der Waals surface area contributed by atoms with Gasteiger partial charge in [-0.3, -0.25) is 4.90 Å². The molecule has 1 aliphatic heterocycles. The Morgan fingerprint density at radius 2 is 2.33 bits per heavy atom. The number of rotatable bonds is 3. The molecule has 2 rings (SSSR count). The average Bonchev–Trinajstić information content (AvgIpc) is 2.28. The lowest BCUT2D eigenvalue weighted by Crippen LogP contribution is -2.34. The molecule has 0 aromatic heterocycles. The Labute approximate surface area is 113 Å². The van der Waals surface area contributed by atoms with E-state index in [9.17, 15) is 4.39 Å². The van der Waals surface area contributed by atoms with Gasteiger partial charge in [-0.2, -0.15) is 0 Å². The van der Waals surface area contributed by atoms with Crippen LogP contribution in [0, 0.1) is 11.7 Å². The molecule has 1 aromatic rings. The fraction of sp³-hybridized carbons (Fsp3) is 0.500. The molecule has 1 unspecified atom stereocenters. The van der Waals surface area contributed by atoms with Crippen molar-refractivity contribution in [2.75, 3.05) is 13.1 Å². The summed E-state index contributed by atoms with van der Waals surface area (Å²) in [6.07, 6.45) is 2.49. The van der Waals surface area contributed by atoms with E-state index in [1.54, 1.807) is 12.1 Å². The van der Waals surface area contributed by atoms with Crippen LogP contribution in [0.5, 0.6) is 0 Å². The first-order valence-corrected chi connectivity index (χ1v) is 6.77. The highest BCUT2D eigenvalue weighted by atomic mass is 32.1. The van der Waals surface area contributed by atoms with Gasteiger partial charge in [0.15, 0.2) is 0 Å². The fourth-order valence-electron chi connectivity index (χ4n) is 2.60. The summed E-state index contributed by atoms with van der Waals surface area (Å²) in [6, 6.07) is 4.64. The summed E-state index contributed by atoms with van der Waals surface area (Å²) in [5.74, 6) is 0.482. The van der Waals surface area contributed by atoms with Crippen LogP contribution in [0.3, 0.4) is 0 Å². The average molecular weight is 266 g/mol. The van der Waals surface area contributed by atoms with Gasteiger partial charge >= 0.3 is 0 Å². The highest BCUT2D eigenvalue weighted by Gasteiger charge is 2.18. The summed E-state index contributed by atoms with van der Waals surface area (Å²) in [6.45, 7) is 5.12. The lowest BCUT2D eigenvalue weighted by atomic mass is 9.99. The largest absolute Gasteiger partial charge is 0.389 e. The van der Waals surface area contributed by atoms with Gasteiger partial charge in [-0.25, -0.2) is 4.39 Å². The molecule has 0 spiro atoms. The zero-order valence-electron chi connectivity index (χ0n) is 10.7. The lowest BCUT2D eigenvalue weighted by Gasteiger charge is -2.31. The second-order valence-electron chi connectivity index (χ2n) is 5.15. The Kier molecular flexibility index (Phi) is 4.30. The Morgan fingerprint density at radius 3 is 3.00 bits per heavy atom. The van der Waals surface area contributed by atoms with Crippen molar-refractivity contribution in [3.63, 3.8) is 0 Å². The number of thiocarbonyl (C=S) groups is 1. The molecule has 0 amide bonds. The van der Waals surface area contributed by atoms with Crippen molar-refractivity contribution in [3.05, 3.63) is 35.1 Å². The van der Waals surface area contributed by atoms with E-state index < -0.39 is 0 Å². The number of nitrogens with two attached hydrogens (primary N) is 1. The summed E-state index contributed by atoms with van der Waals surface area (Å²) in [7, 11) is 0. The molecule has 4 heteroatoms. The first-order chi connectivity index (χ1) is 8.56. The van der Waals surface area contributed by atoms with Gasteiger partial charge in [0.25, 0.3) is 0 Å². The van der Waals surface area contributed by atoms with Crippen LogP contribution in [-0.2, 0) is 6.54 Å². The Balaban J connectivity index is 2.16. The van der Waals surface area contributed by atoms with E-state index >= 15 is 0 Å². The zero-order chi connectivity index (χ0) is 13.1. The van der Waals surface area contributed by atoms with Crippen molar-refractivity contribution < 1.29 is 4.39 Å². The molecular formula is C14H19FN2S. The van der Waals surface area contributed by atoms with E-state index in [1.165, 1.54) is 18.9 Å². The molecular weight excluding hydrogens is 247 g/mol. The van der Waals surface area contributed by atoms with Crippen molar-refractivity contribution in [2.24, 2.45) is 11.7 Å². The number of piperidine rings is 1. The van der Waals surface area contributed by atoms with Gasteiger partial charge < -0.3 is 5.73 Å². The van der Waals surface area contributed by atoms with Crippen molar-refractivity contribution in [1.29, 1.82) is 0 Å². The topological polar surface area (TPSA) is 29.3 Å². The van der Waals surface area contributed by atoms with Gasteiger partial charge in [0.2, 0.25) is 0 Å². The number of hydrogen-bond acceptors (Lipinski definition) is 2. The first kappa shape index (κ1) is 13.4. The summed E-state index contributed by atoms with van der Waals surface area (Å²) >= 11 is 5.02. The minimum atomic E-state index is -0.227. The fourth-order valence-corrected chi connectivity index (χ4v) is 2.80. The lowest BCUT2D eigenvalue weighted by molar-refractivity contribution is 0.176. The van der Waals surface area contributed by atoms with Gasteiger partial charge in [-0.1, -0.05) is 19.1 Å². The van der Waals surface area contributed by atoms with Crippen LogP contribution in [0.1, 0.15) is 30.9 Å². The minimum absolute atomic E-state index is 0.227. The molecule has 0 aliphatic carbocycles. The summed E-state index contributed by atoms with van der Waals surface area (Å²) in [5, 5.41) is 0. The quantitative estimate of drug-likeness (QED) is 0.853. The van der Waals surface area contributed by atoms with Crippen LogP contribution in [0.2, 0.25) is 0 Å². The molecule has 98 valence electrons. The second kappa shape index (κ2) is 5.76. The first-order valence-electron chi connectivity index (χ1n) is 6.37. The zero-order valence-corrected chi connectivity index (χ0v) is 11.5. The Hall–Kier alpha value is -1.00. The van der Waals surface area contributed by atoms with Crippen LogP contribution < -0.4 is 5.73 Å². The monoisotopic (exact) mass is 266 g/mol. The van der Waals surface area contributed by atoms with E-state index in [-0.39, 0.29) is 5.82 Å². The molecule has 1 aliphatic rings. The summed E-state index contributed by atoms with van der Waals surface area (Å²) in [5.41, 5.74) is 7.38. The summed E-state index contributed by atoms with van der Waals surface area (Å²) < 4.78 is 13.3. The SMILES string of the molecule is CC1CCCN(Cc2cc(F)ccc2C(N)=S)C1. The van der Waals surface area contributed by atoms with Crippen LogP contribution in [0.4, 0.5) is 4.39 Å².